The van der Waals surface area contributed by atoms with Crippen LogP contribution in [0.4, 0.5) is 4.39 Å². The zero-order chi connectivity index (χ0) is 14.4. The van der Waals surface area contributed by atoms with Crippen molar-refractivity contribution in [2.45, 2.75) is 26.8 Å². The Hall–Kier alpha value is -1.87. The van der Waals surface area contributed by atoms with Gasteiger partial charge in [0.2, 0.25) is 0 Å². The predicted molar refractivity (Wildman–Crippen MR) is 79.7 cm³/mol. The normalized spacial score (nSPS) is 10.6. The number of nitrogens with one attached hydrogen (secondary N) is 1. The van der Waals surface area contributed by atoms with Gasteiger partial charge in [-0.25, -0.2) is 4.39 Å². The molecule has 0 atom stereocenters. The first-order valence-corrected chi connectivity index (χ1v) is 6.92. The summed E-state index contributed by atoms with van der Waals surface area (Å²) in [5, 5.41) is 3.37. The average molecular weight is 273 g/mol. The van der Waals surface area contributed by atoms with Gasteiger partial charge >= 0.3 is 0 Å². The van der Waals surface area contributed by atoms with E-state index in [0.717, 1.165) is 30.8 Å². The van der Waals surface area contributed by atoms with Gasteiger partial charge in [0.25, 0.3) is 0 Å². The summed E-state index contributed by atoms with van der Waals surface area (Å²) in [5.74, 6) is 1.20. The summed E-state index contributed by atoms with van der Waals surface area (Å²) >= 11 is 0. The molecule has 0 amide bonds. The summed E-state index contributed by atoms with van der Waals surface area (Å²) in [6.45, 7) is 5.94. The molecule has 0 bridgehead atoms. The molecule has 20 heavy (non-hydrogen) atoms. The predicted octanol–water partition coefficient (Wildman–Crippen LogP) is 4.43. The van der Waals surface area contributed by atoms with Crippen molar-refractivity contribution in [1.82, 2.24) is 5.32 Å². The maximum Gasteiger partial charge on any atom is 0.131 e. The highest BCUT2D eigenvalue weighted by Gasteiger charge is 2.05. The minimum Gasteiger partial charge on any atom is -0.457 e. The number of aryl methyl sites for hydroxylation is 1. The zero-order valence-electron chi connectivity index (χ0n) is 11.9. The Morgan fingerprint density at radius 2 is 1.85 bits per heavy atom. The lowest BCUT2D eigenvalue weighted by molar-refractivity contribution is 0.470. The van der Waals surface area contributed by atoms with Crippen molar-refractivity contribution >= 4 is 0 Å². The third kappa shape index (κ3) is 4.07. The van der Waals surface area contributed by atoms with Gasteiger partial charge in [-0.2, -0.15) is 0 Å². The number of rotatable bonds is 6. The van der Waals surface area contributed by atoms with Crippen LogP contribution in [0, 0.1) is 12.7 Å². The lowest BCUT2D eigenvalue weighted by Gasteiger charge is -2.12. The lowest BCUT2D eigenvalue weighted by atomic mass is 10.1. The maximum atomic E-state index is 12.9. The van der Waals surface area contributed by atoms with Crippen LogP contribution in [0.15, 0.2) is 42.5 Å². The molecule has 0 fully saturated rings. The summed E-state index contributed by atoms with van der Waals surface area (Å²) in [6, 6.07) is 12.2. The van der Waals surface area contributed by atoms with Crippen LogP contribution in [0.25, 0.3) is 0 Å². The summed E-state index contributed by atoms with van der Waals surface area (Å²) in [7, 11) is 0. The molecule has 0 aliphatic heterocycles. The minimum absolute atomic E-state index is 0.258. The molecule has 0 spiro atoms. The van der Waals surface area contributed by atoms with E-state index in [0.29, 0.717) is 5.75 Å². The van der Waals surface area contributed by atoms with E-state index < -0.39 is 0 Å². The monoisotopic (exact) mass is 273 g/mol. The summed E-state index contributed by atoms with van der Waals surface area (Å²) in [6.07, 6.45) is 1.10. The molecule has 0 unspecified atom stereocenters. The highest BCUT2D eigenvalue weighted by atomic mass is 19.1. The van der Waals surface area contributed by atoms with Crippen molar-refractivity contribution in [3.05, 3.63) is 59.4 Å². The molecule has 1 N–H and O–H groups in total. The Balaban J connectivity index is 2.15. The largest absolute Gasteiger partial charge is 0.457 e. The zero-order valence-corrected chi connectivity index (χ0v) is 11.9. The van der Waals surface area contributed by atoms with Crippen molar-refractivity contribution < 1.29 is 9.13 Å². The summed E-state index contributed by atoms with van der Waals surface area (Å²) in [5.41, 5.74) is 2.31. The Morgan fingerprint density at radius 3 is 2.55 bits per heavy atom. The Morgan fingerprint density at radius 1 is 1.10 bits per heavy atom. The van der Waals surface area contributed by atoms with Crippen LogP contribution in [-0.4, -0.2) is 6.54 Å². The lowest BCUT2D eigenvalue weighted by Crippen LogP contribution is -2.14. The van der Waals surface area contributed by atoms with Crippen LogP contribution < -0.4 is 10.1 Å². The van der Waals surface area contributed by atoms with Crippen molar-refractivity contribution in [3.63, 3.8) is 0 Å². The third-order valence-corrected chi connectivity index (χ3v) is 3.00. The second-order valence-electron chi connectivity index (χ2n) is 4.84. The van der Waals surface area contributed by atoms with E-state index in [1.165, 1.54) is 17.7 Å². The van der Waals surface area contributed by atoms with E-state index in [1.54, 1.807) is 12.1 Å². The first kappa shape index (κ1) is 14.5. The van der Waals surface area contributed by atoms with Crippen molar-refractivity contribution in [3.8, 4) is 11.5 Å². The van der Waals surface area contributed by atoms with E-state index >= 15 is 0 Å². The average Bonchev–Trinajstić information content (AvgIpc) is 2.44. The Kier molecular flexibility index (Phi) is 5.13. The molecule has 0 saturated carbocycles. The molecule has 0 heterocycles. The van der Waals surface area contributed by atoms with Gasteiger partial charge in [0, 0.05) is 12.1 Å². The van der Waals surface area contributed by atoms with Crippen LogP contribution in [0.1, 0.15) is 24.5 Å². The van der Waals surface area contributed by atoms with Crippen molar-refractivity contribution in [2.75, 3.05) is 6.54 Å². The van der Waals surface area contributed by atoms with E-state index in [2.05, 4.69) is 25.2 Å². The van der Waals surface area contributed by atoms with Crippen LogP contribution >= 0.6 is 0 Å². The van der Waals surface area contributed by atoms with Crippen LogP contribution in [0.2, 0.25) is 0 Å². The summed E-state index contributed by atoms with van der Waals surface area (Å²) < 4.78 is 18.7. The fraction of sp³-hybridized carbons (Fsp3) is 0.294. The van der Waals surface area contributed by atoms with Crippen LogP contribution in [-0.2, 0) is 6.54 Å². The highest BCUT2D eigenvalue weighted by molar-refractivity contribution is 5.40. The molecule has 0 aromatic heterocycles. The van der Waals surface area contributed by atoms with Gasteiger partial charge < -0.3 is 10.1 Å². The van der Waals surface area contributed by atoms with E-state index in [9.17, 15) is 4.39 Å². The van der Waals surface area contributed by atoms with E-state index in [-0.39, 0.29) is 5.82 Å². The highest BCUT2D eigenvalue weighted by Crippen LogP contribution is 2.26. The molecule has 0 aliphatic carbocycles. The minimum atomic E-state index is -0.258. The molecule has 3 heteroatoms. The third-order valence-electron chi connectivity index (χ3n) is 3.00. The second kappa shape index (κ2) is 7.06. The Bertz CT molecular complexity index is 551. The molecule has 2 rings (SSSR count). The fourth-order valence-corrected chi connectivity index (χ4v) is 1.98. The number of hydrogen-bond acceptors (Lipinski definition) is 2. The van der Waals surface area contributed by atoms with Gasteiger partial charge in [-0.3, -0.25) is 0 Å². The molecular formula is C17H20FNO. The smallest absolute Gasteiger partial charge is 0.131 e. The quantitative estimate of drug-likeness (QED) is 0.786. The first-order chi connectivity index (χ1) is 9.69. The number of hydrogen-bond donors (Lipinski definition) is 1. The van der Waals surface area contributed by atoms with Gasteiger partial charge in [-0.05, 0) is 50.2 Å². The van der Waals surface area contributed by atoms with E-state index in [4.69, 9.17) is 4.74 Å². The first-order valence-electron chi connectivity index (χ1n) is 6.92. The molecule has 2 aromatic rings. The fourth-order valence-electron chi connectivity index (χ4n) is 1.98. The van der Waals surface area contributed by atoms with Crippen molar-refractivity contribution in [2.24, 2.45) is 0 Å². The summed E-state index contributed by atoms with van der Waals surface area (Å²) in [4.78, 5) is 0. The van der Waals surface area contributed by atoms with E-state index in [1.807, 2.05) is 12.1 Å². The SMILES string of the molecule is CCCNCc1cc(C)ccc1Oc1ccc(F)cc1. The maximum absolute atomic E-state index is 12.9. The standard InChI is InChI=1S/C17H20FNO/c1-3-10-19-12-14-11-13(2)4-9-17(14)20-16-7-5-15(18)6-8-16/h4-9,11,19H,3,10,12H2,1-2H3. The van der Waals surface area contributed by atoms with Crippen LogP contribution in [0.3, 0.4) is 0 Å². The van der Waals surface area contributed by atoms with Gasteiger partial charge in [-0.1, -0.05) is 24.6 Å². The molecule has 0 radical (unpaired) electrons. The van der Waals surface area contributed by atoms with Gasteiger partial charge in [0.15, 0.2) is 0 Å². The molecule has 0 aliphatic rings. The molecular weight excluding hydrogens is 253 g/mol. The van der Waals surface area contributed by atoms with Crippen molar-refractivity contribution in [1.29, 1.82) is 0 Å². The number of benzene rings is 2. The second-order valence-corrected chi connectivity index (χ2v) is 4.84. The Labute approximate surface area is 119 Å². The molecule has 2 nitrogen and oxygen atoms in total. The molecule has 0 saturated heterocycles. The topological polar surface area (TPSA) is 21.3 Å². The molecule has 2 aromatic carbocycles. The molecule has 106 valence electrons. The van der Waals surface area contributed by atoms with Gasteiger partial charge in [0.1, 0.15) is 17.3 Å². The van der Waals surface area contributed by atoms with Crippen LogP contribution in [0.5, 0.6) is 11.5 Å². The number of halogens is 1. The van der Waals surface area contributed by atoms with Gasteiger partial charge in [0.05, 0.1) is 0 Å². The number of ether oxygens (including phenoxy) is 1. The van der Waals surface area contributed by atoms with Gasteiger partial charge in [-0.15, -0.1) is 0 Å².